The molecular weight excluding hydrogens is 334 g/mol. The SMILES string of the molecule is CC(C#N)(NC(=O)CN1CCN(CC(=O)N2CCOCC2)CC1)C1CC1. The van der Waals surface area contributed by atoms with E-state index in [2.05, 4.69) is 21.2 Å². The number of ether oxygens (including phenoxy) is 1. The Labute approximate surface area is 155 Å². The molecule has 0 aromatic rings. The molecule has 3 fully saturated rings. The Bertz CT molecular complexity index is 560. The van der Waals surface area contributed by atoms with Crippen molar-refractivity contribution in [2.24, 2.45) is 5.92 Å². The van der Waals surface area contributed by atoms with Gasteiger partial charge in [0.2, 0.25) is 11.8 Å². The largest absolute Gasteiger partial charge is 0.378 e. The van der Waals surface area contributed by atoms with Gasteiger partial charge in [0.05, 0.1) is 32.4 Å². The average molecular weight is 363 g/mol. The summed E-state index contributed by atoms with van der Waals surface area (Å²) in [4.78, 5) is 30.7. The van der Waals surface area contributed by atoms with Crippen molar-refractivity contribution in [1.29, 1.82) is 5.26 Å². The smallest absolute Gasteiger partial charge is 0.236 e. The minimum absolute atomic E-state index is 0.0845. The minimum atomic E-state index is -0.733. The zero-order valence-corrected chi connectivity index (χ0v) is 15.6. The van der Waals surface area contributed by atoms with Crippen molar-refractivity contribution >= 4 is 11.8 Å². The van der Waals surface area contributed by atoms with Gasteiger partial charge in [0, 0.05) is 39.3 Å². The van der Waals surface area contributed by atoms with Crippen LogP contribution in [0.4, 0.5) is 0 Å². The molecule has 144 valence electrons. The van der Waals surface area contributed by atoms with E-state index in [1.807, 2.05) is 11.8 Å². The van der Waals surface area contributed by atoms with Crippen molar-refractivity contribution in [2.45, 2.75) is 25.3 Å². The zero-order valence-electron chi connectivity index (χ0n) is 15.6. The molecular formula is C18H29N5O3. The van der Waals surface area contributed by atoms with Crippen LogP contribution < -0.4 is 5.32 Å². The number of carbonyl (C=O) groups excluding carboxylic acids is 2. The lowest BCUT2D eigenvalue weighted by Crippen LogP contribution is -2.55. The van der Waals surface area contributed by atoms with Crippen LogP contribution in [0.3, 0.4) is 0 Å². The van der Waals surface area contributed by atoms with Crippen LogP contribution in [0, 0.1) is 17.2 Å². The second-order valence-electron chi connectivity index (χ2n) is 7.68. The average Bonchev–Trinajstić information content (AvgIpc) is 3.49. The maximum Gasteiger partial charge on any atom is 0.236 e. The van der Waals surface area contributed by atoms with E-state index < -0.39 is 5.54 Å². The Morgan fingerprint density at radius 3 is 2.19 bits per heavy atom. The number of amides is 2. The molecule has 8 heteroatoms. The summed E-state index contributed by atoms with van der Waals surface area (Å²) < 4.78 is 5.28. The van der Waals surface area contributed by atoms with E-state index in [1.54, 1.807) is 0 Å². The lowest BCUT2D eigenvalue weighted by atomic mass is 9.98. The number of piperazine rings is 1. The van der Waals surface area contributed by atoms with Crippen LogP contribution in [-0.4, -0.2) is 97.6 Å². The summed E-state index contributed by atoms with van der Waals surface area (Å²) in [6, 6.07) is 2.26. The first-order chi connectivity index (χ1) is 12.5. The van der Waals surface area contributed by atoms with Crippen molar-refractivity contribution in [1.82, 2.24) is 20.0 Å². The number of nitriles is 1. The van der Waals surface area contributed by atoms with E-state index in [0.29, 0.717) is 45.3 Å². The van der Waals surface area contributed by atoms with Gasteiger partial charge in [-0.25, -0.2) is 0 Å². The Kier molecular flexibility index (Phi) is 6.12. The summed E-state index contributed by atoms with van der Waals surface area (Å²) in [5.41, 5.74) is -0.733. The molecule has 0 aromatic heterocycles. The Morgan fingerprint density at radius 1 is 1.08 bits per heavy atom. The molecule has 1 saturated carbocycles. The third-order valence-electron chi connectivity index (χ3n) is 5.58. The summed E-state index contributed by atoms with van der Waals surface area (Å²) in [5, 5.41) is 12.3. The lowest BCUT2D eigenvalue weighted by Gasteiger charge is -2.36. The molecule has 3 aliphatic rings. The molecule has 2 aliphatic heterocycles. The normalized spacial score (nSPS) is 24.5. The van der Waals surface area contributed by atoms with Crippen LogP contribution >= 0.6 is 0 Å². The molecule has 0 radical (unpaired) electrons. The molecule has 2 saturated heterocycles. The number of hydrogen-bond acceptors (Lipinski definition) is 6. The van der Waals surface area contributed by atoms with Crippen molar-refractivity contribution in [2.75, 3.05) is 65.6 Å². The van der Waals surface area contributed by atoms with Gasteiger partial charge in [0.1, 0.15) is 5.54 Å². The van der Waals surface area contributed by atoms with Crippen LogP contribution in [0.5, 0.6) is 0 Å². The number of nitrogens with one attached hydrogen (secondary N) is 1. The first kappa shape index (κ1) is 19.1. The van der Waals surface area contributed by atoms with Crippen molar-refractivity contribution in [3.63, 3.8) is 0 Å². The molecule has 0 aromatic carbocycles. The lowest BCUT2D eigenvalue weighted by molar-refractivity contribution is -0.137. The fourth-order valence-corrected chi connectivity index (χ4v) is 3.62. The van der Waals surface area contributed by atoms with Crippen LogP contribution in [0.2, 0.25) is 0 Å². The van der Waals surface area contributed by atoms with Gasteiger partial charge in [-0.05, 0) is 25.7 Å². The minimum Gasteiger partial charge on any atom is -0.378 e. The number of morpholine rings is 1. The maximum atomic E-state index is 12.3. The van der Waals surface area contributed by atoms with E-state index in [4.69, 9.17) is 4.74 Å². The van der Waals surface area contributed by atoms with Gasteiger partial charge in [-0.15, -0.1) is 0 Å². The second-order valence-corrected chi connectivity index (χ2v) is 7.68. The van der Waals surface area contributed by atoms with Gasteiger partial charge in [0.15, 0.2) is 0 Å². The van der Waals surface area contributed by atoms with Gasteiger partial charge in [-0.1, -0.05) is 0 Å². The van der Waals surface area contributed by atoms with Gasteiger partial charge < -0.3 is 15.0 Å². The van der Waals surface area contributed by atoms with Gasteiger partial charge in [0.25, 0.3) is 0 Å². The number of hydrogen-bond donors (Lipinski definition) is 1. The van der Waals surface area contributed by atoms with Gasteiger partial charge >= 0.3 is 0 Å². The van der Waals surface area contributed by atoms with E-state index in [9.17, 15) is 14.9 Å². The van der Waals surface area contributed by atoms with Crippen LogP contribution in [0.25, 0.3) is 0 Å². The van der Waals surface area contributed by atoms with Crippen molar-refractivity contribution < 1.29 is 14.3 Å². The van der Waals surface area contributed by atoms with E-state index >= 15 is 0 Å². The third-order valence-corrected chi connectivity index (χ3v) is 5.58. The predicted octanol–water partition coefficient (Wildman–Crippen LogP) is -0.729. The summed E-state index contributed by atoms with van der Waals surface area (Å²) >= 11 is 0. The van der Waals surface area contributed by atoms with E-state index in [0.717, 1.165) is 39.0 Å². The third kappa shape index (κ3) is 4.93. The van der Waals surface area contributed by atoms with Gasteiger partial charge in [-0.2, -0.15) is 5.26 Å². The molecule has 0 spiro atoms. The quantitative estimate of drug-likeness (QED) is 0.669. The van der Waals surface area contributed by atoms with Gasteiger partial charge in [-0.3, -0.25) is 19.4 Å². The Hall–Kier alpha value is -1.69. The molecule has 1 N–H and O–H groups in total. The highest BCUT2D eigenvalue weighted by molar-refractivity contribution is 5.79. The molecule has 2 amide bonds. The van der Waals surface area contributed by atoms with Crippen LogP contribution in [-0.2, 0) is 14.3 Å². The second kappa shape index (κ2) is 8.33. The highest BCUT2D eigenvalue weighted by Crippen LogP contribution is 2.39. The molecule has 26 heavy (non-hydrogen) atoms. The highest BCUT2D eigenvalue weighted by Gasteiger charge is 2.43. The fourth-order valence-electron chi connectivity index (χ4n) is 3.62. The van der Waals surface area contributed by atoms with Crippen molar-refractivity contribution in [3.8, 4) is 6.07 Å². The first-order valence-corrected chi connectivity index (χ1v) is 9.52. The standard InChI is InChI=1S/C18H29N5O3/c1-18(14-19,15-2-3-15)20-16(24)12-21-4-6-22(7-5-21)13-17(25)23-8-10-26-11-9-23/h15H,2-13H2,1H3,(H,20,24). The number of nitrogens with zero attached hydrogens (tertiary/aromatic N) is 4. The van der Waals surface area contributed by atoms with E-state index in [1.165, 1.54) is 0 Å². The molecule has 1 unspecified atom stereocenters. The first-order valence-electron chi connectivity index (χ1n) is 9.52. The monoisotopic (exact) mass is 363 g/mol. The molecule has 2 heterocycles. The summed E-state index contributed by atoms with van der Waals surface area (Å²) in [6.45, 7) is 8.25. The molecule has 0 bridgehead atoms. The predicted molar refractivity (Wildman–Crippen MR) is 95.2 cm³/mol. The van der Waals surface area contributed by atoms with Crippen LogP contribution in [0.15, 0.2) is 0 Å². The van der Waals surface area contributed by atoms with E-state index in [-0.39, 0.29) is 11.8 Å². The summed E-state index contributed by atoms with van der Waals surface area (Å²) in [5.74, 6) is 0.368. The van der Waals surface area contributed by atoms with Crippen molar-refractivity contribution in [3.05, 3.63) is 0 Å². The highest BCUT2D eigenvalue weighted by atomic mass is 16.5. The Balaban J connectivity index is 1.37. The topological polar surface area (TPSA) is 88.9 Å². The Morgan fingerprint density at radius 2 is 1.65 bits per heavy atom. The molecule has 3 rings (SSSR count). The number of rotatable bonds is 6. The molecule has 8 nitrogen and oxygen atoms in total. The number of carbonyl (C=O) groups is 2. The maximum absolute atomic E-state index is 12.3. The molecule has 1 atom stereocenters. The molecule has 1 aliphatic carbocycles. The zero-order chi connectivity index (χ0) is 18.6. The fraction of sp³-hybridized carbons (Fsp3) is 0.833. The summed E-state index contributed by atoms with van der Waals surface area (Å²) in [6.07, 6.45) is 2.03. The van der Waals surface area contributed by atoms with Crippen LogP contribution in [0.1, 0.15) is 19.8 Å². The summed E-state index contributed by atoms with van der Waals surface area (Å²) in [7, 11) is 0.